The first kappa shape index (κ1) is 7.04. The fraction of sp³-hybridized carbons (Fsp3) is 0.600. The van der Waals surface area contributed by atoms with E-state index in [1.54, 1.807) is 0 Å². The van der Waals surface area contributed by atoms with E-state index in [1.807, 2.05) is 0 Å². The molecule has 2 bridgehead atoms. The second kappa shape index (κ2) is 2.02. The average molecular weight is 190 g/mol. The van der Waals surface area contributed by atoms with Crippen LogP contribution in [-0.4, -0.2) is 5.16 Å². The molecule has 1 aromatic heterocycles. The van der Waals surface area contributed by atoms with E-state index in [4.69, 9.17) is 0 Å². The van der Waals surface area contributed by atoms with Gasteiger partial charge in [0.25, 0.3) is 0 Å². The van der Waals surface area contributed by atoms with Gasteiger partial charge >= 0.3 is 0 Å². The molecule has 14 heavy (non-hydrogen) atoms. The smallest absolute Gasteiger partial charge is 0.224 e. The topological polar surface area (TPSA) is 53.0 Å². The maximum Gasteiger partial charge on any atom is 0.224 e. The number of hydrogen-bond donors (Lipinski definition) is 0. The zero-order valence-corrected chi connectivity index (χ0v) is 7.59. The van der Waals surface area contributed by atoms with E-state index >= 15 is 0 Å². The van der Waals surface area contributed by atoms with Gasteiger partial charge in [0, 0.05) is 17.0 Å². The molecule has 4 rings (SSSR count). The highest BCUT2D eigenvalue weighted by atomic mass is 16.8. The van der Waals surface area contributed by atoms with Crippen molar-refractivity contribution in [2.45, 2.75) is 24.7 Å². The molecule has 4 heteroatoms. The fourth-order valence-corrected chi connectivity index (χ4v) is 3.62. The zero-order valence-electron chi connectivity index (χ0n) is 7.59. The highest BCUT2D eigenvalue weighted by molar-refractivity contribution is 5.34. The van der Waals surface area contributed by atoms with Crippen LogP contribution in [0.15, 0.2) is 16.8 Å². The predicted molar refractivity (Wildman–Crippen MR) is 46.3 cm³/mol. The molecule has 0 aliphatic heterocycles. The molecule has 1 heterocycles. The van der Waals surface area contributed by atoms with E-state index in [1.165, 1.54) is 0 Å². The molecule has 4 nitrogen and oxygen atoms in total. The molecule has 3 aliphatic rings. The molecular weight excluding hydrogens is 180 g/mol. The summed E-state index contributed by atoms with van der Waals surface area (Å²) >= 11 is 0. The highest BCUT2D eigenvalue weighted by Gasteiger charge is 2.57. The molecule has 0 spiro atoms. The number of nitrogens with zero attached hydrogens (tertiary/aromatic N) is 2. The van der Waals surface area contributed by atoms with Gasteiger partial charge in [-0.2, -0.15) is 0 Å². The Bertz CT molecular complexity index is 437. The standard InChI is InChI=1S/C10H10N2O2/c13-12-10-8-4-7(9(10)11-14-12)5-2-1-3-6(5)8/h1,3,5-8H,2,4H2. The van der Waals surface area contributed by atoms with Crippen LogP contribution in [0.3, 0.4) is 0 Å². The Balaban J connectivity index is 1.93. The number of hydrogen-bond acceptors (Lipinski definition) is 3. The Morgan fingerprint density at radius 3 is 3.36 bits per heavy atom. The van der Waals surface area contributed by atoms with Crippen LogP contribution in [0, 0.1) is 17.0 Å². The maximum atomic E-state index is 11.4. The van der Waals surface area contributed by atoms with Gasteiger partial charge in [-0.05, 0) is 29.6 Å². The summed E-state index contributed by atoms with van der Waals surface area (Å²) in [7, 11) is 0. The summed E-state index contributed by atoms with van der Waals surface area (Å²) in [5.74, 6) is 2.13. The number of allylic oxidation sites excluding steroid dienone is 2. The second-order valence-corrected chi connectivity index (χ2v) is 4.55. The molecule has 72 valence electrons. The van der Waals surface area contributed by atoms with Crippen molar-refractivity contribution in [1.29, 1.82) is 0 Å². The minimum absolute atomic E-state index is 0.377. The second-order valence-electron chi connectivity index (χ2n) is 4.55. The summed E-state index contributed by atoms with van der Waals surface area (Å²) in [6.07, 6.45) is 6.77. The van der Waals surface area contributed by atoms with Crippen LogP contribution in [0.5, 0.6) is 0 Å². The van der Waals surface area contributed by atoms with Crippen LogP contribution in [0.2, 0.25) is 0 Å². The summed E-state index contributed by atoms with van der Waals surface area (Å²) in [6.45, 7) is 0. The Morgan fingerprint density at radius 2 is 2.43 bits per heavy atom. The Morgan fingerprint density at radius 1 is 1.50 bits per heavy atom. The predicted octanol–water partition coefficient (Wildman–Crippen LogP) is 1.08. The maximum absolute atomic E-state index is 11.4. The minimum Gasteiger partial charge on any atom is -0.359 e. The average Bonchev–Trinajstić information content (AvgIpc) is 2.82. The third-order valence-corrected chi connectivity index (χ3v) is 4.13. The summed E-state index contributed by atoms with van der Waals surface area (Å²) in [5, 5.41) is 15.2. The SMILES string of the molecule is [O-][n+]1onc2c1C1CC2C2CC=CC12. The van der Waals surface area contributed by atoms with Gasteiger partial charge in [-0.3, -0.25) is 4.63 Å². The van der Waals surface area contributed by atoms with Gasteiger partial charge in [-0.15, -0.1) is 0 Å². The monoisotopic (exact) mass is 190 g/mol. The molecule has 0 aromatic carbocycles. The van der Waals surface area contributed by atoms with Gasteiger partial charge in [-0.25, -0.2) is 0 Å². The van der Waals surface area contributed by atoms with Crippen molar-refractivity contribution >= 4 is 0 Å². The van der Waals surface area contributed by atoms with E-state index in [-0.39, 0.29) is 0 Å². The van der Waals surface area contributed by atoms with Gasteiger partial charge in [0.05, 0.1) is 0 Å². The van der Waals surface area contributed by atoms with Gasteiger partial charge < -0.3 is 5.21 Å². The van der Waals surface area contributed by atoms with Crippen LogP contribution in [0.4, 0.5) is 0 Å². The Labute approximate surface area is 80.7 Å². The molecule has 1 saturated carbocycles. The van der Waals surface area contributed by atoms with E-state index < -0.39 is 0 Å². The van der Waals surface area contributed by atoms with E-state index in [2.05, 4.69) is 21.9 Å². The lowest BCUT2D eigenvalue weighted by Gasteiger charge is -2.19. The first-order chi connectivity index (χ1) is 6.86. The third-order valence-electron chi connectivity index (χ3n) is 4.13. The van der Waals surface area contributed by atoms with Crippen molar-refractivity contribution in [2.24, 2.45) is 11.8 Å². The number of rotatable bonds is 0. The summed E-state index contributed by atoms with van der Waals surface area (Å²) in [4.78, 5) is 0.613. The summed E-state index contributed by atoms with van der Waals surface area (Å²) in [5.41, 5.74) is 1.75. The molecule has 4 unspecified atom stereocenters. The number of fused-ring (bicyclic) bond motifs is 8. The molecule has 3 aliphatic carbocycles. The van der Waals surface area contributed by atoms with E-state index in [0.29, 0.717) is 28.6 Å². The number of aromatic nitrogens is 2. The first-order valence-electron chi connectivity index (χ1n) is 5.12. The Hall–Kier alpha value is -1.32. The molecule has 0 N–H and O–H groups in total. The van der Waals surface area contributed by atoms with Crippen LogP contribution in [0.1, 0.15) is 36.1 Å². The quantitative estimate of drug-likeness (QED) is 0.454. The van der Waals surface area contributed by atoms with Crippen molar-refractivity contribution < 1.29 is 9.53 Å². The van der Waals surface area contributed by atoms with Crippen LogP contribution < -0.4 is 4.90 Å². The highest BCUT2D eigenvalue weighted by Crippen LogP contribution is 2.61. The van der Waals surface area contributed by atoms with Crippen molar-refractivity contribution in [3.05, 3.63) is 28.7 Å². The van der Waals surface area contributed by atoms with Crippen LogP contribution >= 0.6 is 0 Å². The molecule has 0 amide bonds. The molecule has 0 saturated heterocycles. The van der Waals surface area contributed by atoms with Gasteiger partial charge in [-0.1, -0.05) is 12.2 Å². The fourth-order valence-electron chi connectivity index (χ4n) is 3.62. The van der Waals surface area contributed by atoms with Crippen molar-refractivity contribution in [1.82, 2.24) is 5.16 Å². The summed E-state index contributed by atoms with van der Waals surface area (Å²) in [6, 6.07) is 0. The molecule has 1 fully saturated rings. The normalized spacial score (nSPS) is 41.7. The minimum atomic E-state index is 0.377. The van der Waals surface area contributed by atoms with Crippen molar-refractivity contribution in [3.8, 4) is 0 Å². The van der Waals surface area contributed by atoms with Gasteiger partial charge in [0.1, 0.15) is 0 Å². The molecule has 4 atom stereocenters. The molecule has 0 radical (unpaired) electrons. The third kappa shape index (κ3) is 0.576. The van der Waals surface area contributed by atoms with Crippen LogP contribution in [-0.2, 0) is 0 Å². The lowest BCUT2D eigenvalue weighted by molar-refractivity contribution is -0.808. The van der Waals surface area contributed by atoms with Crippen molar-refractivity contribution in [3.63, 3.8) is 0 Å². The molecule has 1 aromatic rings. The van der Waals surface area contributed by atoms with Crippen molar-refractivity contribution in [2.75, 3.05) is 0 Å². The van der Waals surface area contributed by atoms with E-state index in [0.717, 1.165) is 24.2 Å². The van der Waals surface area contributed by atoms with E-state index in [9.17, 15) is 5.21 Å². The largest absolute Gasteiger partial charge is 0.359 e. The first-order valence-corrected chi connectivity index (χ1v) is 5.12. The molecular formula is C10H10N2O2. The zero-order chi connectivity index (χ0) is 9.28. The van der Waals surface area contributed by atoms with Gasteiger partial charge in [0.15, 0.2) is 0 Å². The lowest BCUT2D eigenvalue weighted by Crippen LogP contribution is -2.32. The lowest BCUT2D eigenvalue weighted by atomic mass is 9.82. The van der Waals surface area contributed by atoms with Crippen LogP contribution in [0.25, 0.3) is 0 Å². The Kier molecular flexibility index (Phi) is 1.02. The summed E-state index contributed by atoms with van der Waals surface area (Å²) < 4.78 is 4.67. The van der Waals surface area contributed by atoms with Gasteiger partial charge in [0.2, 0.25) is 11.4 Å².